The van der Waals surface area contributed by atoms with Crippen molar-refractivity contribution >= 4 is 16.9 Å². The minimum absolute atomic E-state index is 0.101. The molecular formula is C20H25N7O. The summed E-state index contributed by atoms with van der Waals surface area (Å²) in [5.74, 6) is 2.24. The van der Waals surface area contributed by atoms with Crippen LogP contribution in [0.1, 0.15) is 71.4 Å². The first-order valence-electron chi connectivity index (χ1n) is 10.1. The van der Waals surface area contributed by atoms with Gasteiger partial charge in [-0.3, -0.25) is 9.48 Å². The summed E-state index contributed by atoms with van der Waals surface area (Å²) in [6.45, 7) is 3.24. The molecule has 0 unspecified atom stereocenters. The lowest BCUT2D eigenvalue weighted by Gasteiger charge is -2.10. The standard InChI is InChI=1S/C20H25N7O/c1-12-18-14(10-15(13-7-8-13)22-19(18)26(2)25-12)20(28)21-11-17-24-23-16-6-4-3-5-9-27(16)17/h10,13H,3-9,11H2,1-2H3,(H,21,28). The fourth-order valence-corrected chi connectivity index (χ4v) is 4.16. The fourth-order valence-electron chi connectivity index (χ4n) is 4.16. The Morgan fingerprint density at radius 1 is 1.25 bits per heavy atom. The predicted octanol–water partition coefficient (Wildman–Crippen LogP) is 2.40. The summed E-state index contributed by atoms with van der Waals surface area (Å²) in [7, 11) is 1.88. The largest absolute Gasteiger partial charge is 0.345 e. The summed E-state index contributed by atoms with van der Waals surface area (Å²) in [6, 6.07) is 1.95. The third-order valence-corrected chi connectivity index (χ3v) is 5.82. The Balaban J connectivity index is 1.44. The highest BCUT2D eigenvalue weighted by Crippen LogP contribution is 2.40. The molecule has 1 aliphatic heterocycles. The molecule has 8 heteroatoms. The van der Waals surface area contributed by atoms with Crippen LogP contribution < -0.4 is 5.32 Å². The zero-order chi connectivity index (χ0) is 19.3. The van der Waals surface area contributed by atoms with E-state index in [4.69, 9.17) is 4.98 Å². The molecule has 1 amide bonds. The van der Waals surface area contributed by atoms with Crippen LogP contribution in [0.5, 0.6) is 0 Å². The van der Waals surface area contributed by atoms with Gasteiger partial charge in [0.15, 0.2) is 11.5 Å². The van der Waals surface area contributed by atoms with E-state index in [1.165, 1.54) is 6.42 Å². The molecule has 5 rings (SSSR count). The van der Waals surface area contributed by atoms with E-state index in [2.05, 4.69) is 25.2 Å². The Morgan fingerprint density at radius 2 is 2.11 bits per heavy atom. The summed E-state index contributed by atoms with van der Waals surface area (Å²) in [4.78, 5) is 17.9. The third kappa shape index (κ3) is 2.96. The molecule has 0 aromatic carbocycles. The minimum Gasteiger partial charge on any atom is -0.345 e. The van der Waals surface area contributed by atoms with Crippen molar-refractivity contribution in [3.05, 3.63) is 34.7 Å². The molecule has 28 heavy (non-hydrogen) atoms. The molecule has 3 aromatic rings. The molecule has 1 N–H and O–H groups in total. The van der Waals surface area contributed by atoms with Crippen molar-refractivity contribution in [2.45, 2.75) is 64.5 Å². The van der Waals surface area contributed by atoms with Gasteiger partial charge in [-0.05, 0) is 38.7 Å². The summed E-state index contributed by atoms with van der Waals surface area (Å²) in [6.07, 6.45) is 6.75. The number of aryl methyl sites for hydroxylation is 3. The number of pyridine rings is 1. The van der Waals surface area contributed by atoms with Gasteiger partial charge >= 0.3 is 0 Å². The quantitative estimate of drug-likeness (QED) is 0.752. The maximum atomic E-state index is 13.1. The molecule has 8 nitrogen and oxygen atoms in total. The molecule has 4 heterocycles. The lowest BCUT2D eigenvalue weighted by Crippen LogP contribution is -2.25. The van der Waals surface area contributed by atoms with Gasteiger partial charge in [-0.1, -0.05) is 6.42 Å². The SMILES string of the molecule is Cc1nn(C)c2nc(C3CC3)cc(C(=O)NCc3nnc4n3CCCCC4)c12. The van der Waals surface area contributed by atoms with E-state index in [0.717, 1.165) is 72.7 Å². The first-order valence-corrected chi connectivity index (χ1v) is 10.1. The predicted molar refractivity (Wildman–Crippen MR) is 104 cm³/mol. The van der Waals surface area contributed by atoms with Crippen LogP contribution in [0.2, 0.25) is 0 Å². The van der Waals surface area contributed by atoms with Gasteiger partial charge in [0.05, 0.1) is 23.2 Å². The number of aromatic nitrogens is 6. The van der Waals surface area contributed by atoms with Crippen molar-refractivity contribution in [3.8, 4) is 0 Å². The Hall–Kier alpha value is -2.77. The minimum atomic E-state index is -0.101. The van der Waals surface area contributed by atoms with Crippen molar-refractivity contribution in [2.24, 2.45) is 7.05 Å². The van der Waals surface area contributed by atoms with E-state index >= 15 is 0 Å². The smallest absolute Gasteiger partial charge is 0.252 e. The van der Waals surface area contributed by atoms with Crippen molar-refractivity contribution in [3.63, 3.8) is 0 Å². The van der Waals surface area contributed by atoms with Crippen molar-refractivity contribution < 1.29 is 4.79 Å². The second-order valence-electron chi connectivity index (χ2n) is 7.95. The lowest BCUT2D eigenvalue weighted by molar-refractivity contribution is 0.0951. The normalized spacial score (nSPS) is 16.8. The monoisotopic (exact) mass is 379 g/mol. The number of rotatable bonds is 4. The van der Waals surface area contributed by atoms with Crippen LogP contribution in [0.3, 0.4) is 0 Å². The lowest BCUT2D eigenvalue weighted by atomic mass is 10.1. The number of nitrogens with zero attached hydrogens (tertiary/aromatic N) is 6. The van der Waals surface area contributed by atoms with Crippen LogP contribution >= 0.6 is 0 Å². The molecule has 0 radical (unpaired) electrons. The number of carbonyl (C=O) groups is 1. The first kappa shape index (κ1) is 17.3. The van der Waals surface area contributed by atoms with Gasteiger partial charge in [-0.15, -0.1) is 10.2 Å². The average molecular weight is 379 g/mol. The summed E-state index contributed by atoms with van der Waals surface area (Å²) in [5, 5.41) is 17.0. The molecule has 0 spiro atoms. The molecule has 1 fully saturated rings. The van der Waals surface area contributed by atoms with E-state index in [0.29, 0.717) is 18.0 Å². The Bertz CT molecular complexity index is 1060. The van der Waals surface area contributed by atoms with Gasteiger partial charge in [0.2, 0.25) is 0 Å². The highest BCUT2D eigenvalue weighted by atomic mass is 16.1. The molecule has 146 valence electrons. The molecule has 2 aliphatic rings. The van der Waals surface area contributed by atoms with Gasteiger partial charge in [-0.2, -0.15) is 5.10 Å². The Morgan fingerprint density at radius 3 is 2.93 bits per heavy atom. The molecular weight excluding hydrogens is 354 g/mol. The van der Waals surface area contributed by atoms with Gasteiger partial charge in [-0.25, -0.2) is 4.98 Å². The van der Waals surface area contributed by atoms with E-state index in [1.807, 2.05) is 20.0 Å². The second kappa shape index (κ2) is 6.68. The molecule has 0 saturated heterocycles. The van der Waals surface area contributed by atoms with Crippen LogP contribution in [0.4, 0.5) is 0 Å². The van der Waals surface area contributed by atoms with Gasteiger partial charge in [0.1, 0.15) is 5.82 Å². The summed E-state index contributed by atoms with van der Waals surface area (Å²) in [5.41, 5.74) is 3.27. The number of hydrogen-bond donors (Lipinski definition) is 1. The molecule has 0 atom stereocenters. The van der Waals surface area contributed by atoms with Crippen molar-refractivity contribution in [1.29, 1.82) is 0 Å². The van der Waals surface area contributed by atoms with Gasteiger partial charge < -0.3 is 9.88 Å². The number of hydrogen-bond acceptors (Lipinski definition) is 5. The van der Waals surface area contributed by atoms with E-state index < -0.39 is 0 Å². The summed E-state index contributed by atoms with van der Waals surface area (Å²) < 4.78 is 3.94. The maximum absolute atomic E-state index is 13.1. The zero-order valence-corrected chi connectivity index (χ0v) is 16.4. The highest BCUT2D eigenvalue weighted by Gasteiger charge is 2.28. The second-order valence-corrected chi connectivity index (χ2v) is 7.95. The van der Waals surface area contributed by atoms with Gasteiger partial charge in [0.25, 0.3) is 5.91 Å². The van der Waals surface area contributed by atoms with Crippen LogP contribution in [0.15, 0.2) is 6.07 Å². The number of nitrogens with one attached hydrogen (secondary N) is 1. The molecule has 3 aromatic heterocycles. The molecule has 1 aliphatic carbocycles. The van der Waals surface area contributed by atoms with Crippen LogP contribution in [0.25, 0.3) is 11.0 Å². The van der Waals surface area contributed by atoms with Crippen LogP contribution in [-0.4, -0.2) is 35.4 Å². The number of fused-ring (bicyclic) bond motifs is 2. The first-order chi connectivity index (χ1) is 13.6. The van der Waals surface area contributed by atoms with E-state index in [9.17, 15) is 4.79 Å². The van der Waals surface area contributed by atoms with Gasteiger partial charge in [0, 0.05) is 31.6 Å². The van der Waals surface area contributed by atoms with E-state index in [-0.39, 0.29) is 5.91 Å². The Kier molecular flexibility index (Phi) is 4.14. The van der Waals surface area contributed by atoms with Crippen LogP contribution in [-0.2, 0) is 26.6 Å². The number of amides is 1. The molecule has 1 saturated carbocycles. The topological polar surface area (TPSA) is 90.5 Å². The van der Waals surface area contributed by atoms with E-state index in [1.54, 1.807) is 4.68 Å². The van der Waals surface area contributed by atoms with Crippen LogP contribution in [0, 0.1) is 6.92 Å². The number of carbonyl (C=O) groups excluding carboxylic acids is 1. The summed E-state index contributed by atoms with van der Waals surface area (Å²) >= 11 is 0. The fraction of sp³-hybridized carbons (Fsp3) is 0.550. The Labute approximate surface area is 163 Å². The van der Waals surface area contributed by atoms with Crippen molar-refractivity contribution in [1.82, 2.24) is 34.8 Å². The zero-order valence-electron chi connectivity index (χ0n) is 16.4. The maximum Gasteiger partial charge on any atom is 0.252 e. The average Bonchev–Trinajstić information content (AvgIpc) is 3.46. The molecule has 0 bridgehead atoms. The third-order valence-electron chi connectivity index (χ3n) is 5.82. The van der Waals surface area contributed by atoms with Crippen molar-refractivity contribution in [2.75, 3.05) is 0 Å². The highest BCUT2D eigenvalue weighted by molar-refractivity contribution is 6.06.